The van der Waals surface area contributed by atoms with Crippen molar-refractivity contribution in [1.29, 1.82) is 0 Å². The highest BCUT2D eigenvalue weighted by Gasteiger charge is 2.23. The molecule has 4 aromatic rings. The first-order valence-electron chi connectivity index (χ1n) is 9.37. The lowest BCUT2D eigenvalue weighted by atomic mass is 10.2. The van der Waals surface area contributed by atoms with Crippen LogP contribution in [0.15, 0.2) is 54.9 Å². The number of hydrogen-bond acceptors (Lipinski definition) is 7. The van der Waals surface area contributed by atoms with Crippen LogP contribution >= 0.6 is 11.6 Å². The molecule has 3 heterocycles. The van der Waals surface area contributed by atoms with Crippen molar-refractivity contribution in [2.45, 2.75) is 0 Å². The molecular weight excluding hydrogens is 388 g/mol. The number of hydrogen-bond donors (Lipinski definition) is 1. The molecule has 1 aliphatic rings. The zero-order chi connectivity index (χ0) is 19.8. The fourth-order valence-electron chi connectivity index (χ4n) is 3.67. The molecule has 0 radical (unpaired) electrons. The van der Waals surface area contributed by atoms with Crippen molar-refractivity contribution in [3.8, 4) is 5.82 Å². The molecule has 2 aromatic carbocycles. The molecule has 1 fully saturated rings. The molecule has 0 atom stereocenters. The summed E-state index contributed by atoms with van der Waals surface area (Å²) in [7, 11) is 0. The van der Waals surface area contributed by atoms with E-state index in [1.54, 1.807) is 4.68 Å². The molecule has 1 aliphatic heterocycles. The maximum atomic E-state index is 6.48. The second-order valence-electron chi connectivity index (χ2n) is 6.88. The number of anilines is 3. The SMILES string of the molecule is Nc1c(N2CCN(c3cccc(Cl)c3)CC2)ncnc1-n1nnc2ccccc21. The van der Waals surface area contributed by atoms with Crippen molar-refractivity contribution in [2.75, 3.05) is 41.7 Å². The van der Waals surface area contributed by atoms with E-state index in [0.717, 1.165) is 53.7 Å². The van der Waals surface area contributed by atoms with Crippen molar-refractivity contribution in [3.05, 3.63) is 59.9 Å². The summed E-state index contributed by atoms with van der Waals surface area (Å²) >= 11 is 6.13. The van der Waals surface area contributed by atoms with Crippen LogP contribution in [0.4, 0.5) is 17.2 Å². The normalized spacial score (nSPS) is 14.5. The largest absolute Gasteiger partial charge is 0.393 e. The van der Waals surface area contributed by atoms with Crippen molar-refractivity contribution in [2.24, 2.45) is 0 Å². The number of nitrogens with two attached hydrogens (primary N) is 1. The van der Waals surface area contributed by atoms with Gasteiger partial charge in [-0.15, -0.1) is 5.10 Å². The minimum atomic E-state index is 0.499. The molecule has 0 unspecified atom stereocenters. The first-order chi connectivity index (χ1) is 14.2. The zero-order valence-corrected chi connectivity index (χ0v) is 16.4. The van der Waals surface area contributed by atoms with Gasteiger partial charge in [-0.3, -0.25) is 0 Å². The van der Waals surface area contributed by atoms with Crippen LogP contribution in [0.1, 0.15) is 0 Å². The van der Waals surface area contributed by atoms with E-state index in [1.807, 2.05) is 42.5 Å². The number of aromatic nitrogens is 5. The predicted octanol–water partition coefficient (Wildman–Crippen LogP) is 2.77. The van der Waals surface area contributed by atoms with E-state index >= 15 is 0 Å². The van der Waals surface area contributed by atoms with Gasteiger partial charge in [-0.25, -0.2) is 9.97 Å². The fraction of sp³-hybridized carbons (Fsp3) is 0.200. The third-order valence-corrected chi connectivity index (χ3v) is 5.38. The van der Waals surface area contributed by atoms with Crippen LogP contribution < -0.4 is 15.5 Å². The first kappa shape index (κ1) is 17.7. The number of nitrogen functional groups attached to an aromatic ring is 1. The lowest BCUT2D eigenvalue weighted by molar-refractivity contribution is 0.646. The van der Waals surface area contributed by atoms with Gasteiger partial charge in [0.15, 0.2) is 11.6 Å². The van der Waals surface area contributed by atoms with E-state index in [2.05, 4.69) is 36.1 Å². The summed E-state index contributed by atoms with van der Waals surface area (Å²) in [4.78, 5) is 13.3. The molecule has 0 amide bonds. The van der Waals surface area contributed by atoms with Gasteiger partial charge in [0.05, 0.1) is 5.52 Å². The van der Waals surface area contributed by atoms with E-state index in [4.69, 9.17) is 17.3 Å². The minimum absolute atomic E-state index is 0.499. The van der Waals surface area contributed by atoms with E-state index in [1.165, 1.54) is 6.33 Å². The average molecular weight is 407 g/mol. The van der Waals surface area contributed by atoms with Gasteiger partial charge in [0.25, 0.3) is 0 Å². The van der Waals surface area contributed by atoms with Crippen LogP contribution in [-0.2, 0) is 0 Å². The topological polar surface area (TPSA) is 89.0 Å². The molecule has 0 saturated carbocycles. The Bertz CT molecular complexity index is 1170. The predicted molar refractivity (Wildman–Crippen MR) is 115 cm³/mol. The molecular formula is C20H19ClN8. The lowest BCUT2D eigenvalue weighted by Gasteiger charge is -2.37. The first-order valence-corrected chi connectivity index (χ1v) is 9.75. The number of rotatable bonds is 3. The van der Waals surface area contributed by atoms with E-state index in [-0.39, 0.29) is 0 Å². The third kappa shape index (κ3) is 3.21. The third-order valence-electron chi connectivity index (χ3n) is 5.15. The van der Waals surface area contributed by atoms with Crippen LogP contribution in [0.3, 0.4) is 0 Å². The van der Waals surface area contributed by atoms with Gasteiger partial charge in [0, 0.05) is 36.9 Å². The molecule has 5 rings (SSSR count). The van der Waals surface area contributed by atoms with Gasteiger partial charge in [-0.05, 0) is 30.3 Å². The highest BCUT2D eigenvalue weighted by atomic mass is 35.5. The molecule has 0 bridgehead atoms. The Hall–Kier alpha value is -3.39. The minimum Gasteiger partial charge on any atom is -0.393 e. The Morgan fingerprint density at radius 2 is 1.62 bits per heavy atom. The summed E-state index contributed by atoms with van der Waals surface area (Å²) < 4.78 is 1.66. The number of fused-ring (bicyclic) bond motifs is 1. The lowest BCUT2D eigenvalue weighted by Crippen LogP contribution is -2.47. The summed E-state index contributed by atoms with van der Waals surface area (Å²) in [6.45, 7) is 3.30. The smallest absolute Gasteiger partial charge is 0.184 e. The van der Waals surface area contributed by atoms with Crippen LogP contribution in [0, 0.1) is 0 Å². The van der Waals surface area contributed by atoms with Crippen molar-refractivity contribution in [3.63, 3.8) is 0 Å². The summed E-state index contributed by atoms with van der Waals surface area (Å²) in [5.41, 5.74) is 9.75. The van der Waals surface area contributed by atoms with Gasteiger partial charge in [0.1, 0.15) is 17.5 Å². The molecule has 1 saturated heterocycles. The molecule has 0 aliphatic carbocycles. The number of para-hydroxylation sites is 1. The number of piperazine rings is 1. The monoisotopic (exact) mass is 406 g/mol. The van der Waals surface area contributed by atoms with Crippen molar-refractivity contribution < 1.29 is 0 Å². The Balaban J connectivity index is 1.41. The number of benzene rings is 2. The molecule has 8 nitrogen and oxygen atoms in total. The maximum Gasteiger partial charge on any atom is 0.184 e. The Kier molecular flexibility index (Phi) is 4.40. The average Bonchev–Trinajstić information content (AvgIpc) is 3.18. The fourth-order valence-corrected chi connectivity index (χ4v) is 3.86. The van der Waals surface area contributed by atoms with Crippen molar-refractivity contribution in [1.82, 2.24) is 25.0 Å². The maximum absolute atomic E-state index is 6.48. The number of halogens is 1. The highest BCUT2D eigenvalue weighted by Crippen LogP contribution is 2.28. The summed E-state index contributed by atoms with van der Waals surface area (Å²) in [6.07, 6.45) is 1.53. The van der Waals surface area contributed by atoms with Gasteiger partial charge < -0.3 is 15.5 Å². The van der Waals surface area contributed by atoms with Gasteiger partial charge >= 0.3 is 0 Å². The molecule has 146 valence electrons. The van der Waals surface area contributed by atoms with Gasteiger partial charge in [-0.2, -0.15) is 4.68 Å². The van der Waals surface area contributed by atoms with Gasteiger partial charge in [-0.1, -0.05) is 35.0 Å². The van der Waals surface area contributed by atoms with Crippen LogP contribution in [-0.4, -0.2) is 51.1 Å². The summed E-state index contributed by atoms with van der Waals surface area (Å²) in [6, 6.07) is 15.6. The second-order valence-corrected chi connectivity index (χ2v) is 7.31. The Morgan fingerprint density at radius 1 is 0.862 bits per heavy atom. The second kappa shape index (κ2) is 7.21. The highest BCUT2D eigenvalue weighted by molar-refractivity contribution is 6.30. The van der Waals surface area contributed by atoms with E-state index < -0.39 is 0 Å². The Morgan fingerprint density at radius 3 is 2.45 bits per heavy atom. The van der Waals surface area contributed by atoms with Crippen LogP contribution in [0.5, 0.6) is 0 Å². The summed E-state index contributed by atoms with van der Waals surface area (Å²) in [5.74, 6) is 1.27. The van der Waals surface area contributed by atoms with Crippen molar-refractivity contribution >= 4 is 39.8 Å². The Labute approximate surface area is 172 Å². The quantitative estimate of drug-likeness (QED) is 0.559. The molecule has 2 aromatic heterocycles. The molecule has 29 heavy (non-hydrogen) atoms. The molecule has 9 heteroatoms. The van der Waals surface area contributed by atoms with Crippen LogP contribution in [0.25, 0.3) is 16.9 Å². The zero-order valence-electron chi connectivity index (χ0n) is 15.6. The van der Waals surface area contributed by atoms with E-state index in [9.17, 15) is 0 Å². The standard InChI is InChI=1S/C20H19ClN8/c21-14-4-3-5-15(12-14)27-8-10-28(11-9-27)19-18(22)20(24-13-23-19)29-17-7-2-1-6-16(17)25-26-29/h1-7,12-13H,8-11,22H2. The summed E-state index contributed by atoms with van der Waals surface area (Å²) in [5, 5.41) is 9.17. The molecule has 2 N–H and O–H groups in total. The van der Waals surface area contributed by atoms with E-state index in [0.29, 0.717) is 11.5 Å². The van der Waals surface area contributed by atoms with Crippen LogP contribution in [0.2, 0.25) is 5.02 Å². The molecule has 0 spiro atoms. The van der Waals surface area contributed by atoms with Gasteiger partial charge in [0.2, 0.25) is 0 Å². The number of nitrogens with zero attached hydrogens (tertiary/aromatic N) is 7.